The Morgan fingerprint density at radius 3 is 2.96 bits per heavy atom. The molecule has 0 aliphatic heterocycles. The first-order chi connectivity index (χ1) is 12.6. The number of esters is 1. The van der Waals surface area contributed by atoms with Gasteiger partial charge in [0.1, 0.15) is 5.58 Å². The van der Waals surface area contributed by atoms with E-state index in [1.54, 1.807) is 6.07 Å². The molecular formula is C17H9ClN2O5S. The van der Waals surface area contributed by atoms with Crippen LogP contribution in [-0.4, -0.2) is 16.1 Å². The van der Waals surface area contributed by atoms with Crippen molar-refractivity contribution in [3.05, 3.63) is 68.7 Å². The van der Waals surface area contributed by atoms with E-state index in [2.05, 4.69) is 10.1 Å². The maximum atomic E-state index is 12.1. The molecule has 0 radical (unpaired) electrons. The summed E-state index contributed by atoms with van der Waals surface area (Å²) >= 11 is 7.32. The average molecular weight is 389 g/mol. The largest absolute Gasteiger partial charge is 0.450 e. The number of benzene rings is 1. The molecular weight excluding hydrogens is 380 g/mol. The van der Waals surface area contributed by atoms with E-state index in [1.807, 2.05) is 17.5 Å². The standard InChI is InChI=1S/C17H9ClN2O5S/c18-9-3-4-12-10(6-9)11(21)7-13(24-12)17(22)23-8-15-19-16(20-25-15)14-2-1-5-26-14/h1-7H,8H2. The van der Waals surface area contributed by atoms with E-state index in [1.165, 1.54) is 23.5 Å². The minimum absolute atomic E-state index is 0.136. The third-order valence-corrected chi connectivity index (χ3v) is 4.53. The lowest BCUT2D eigenvalue weighted by atomic mass is 10.2. The van der Waals surface area contributed by atoms with Crippen molar-refractivity contribution in [2.24, 2.45) is 0 Å². The second-order valence-electron chi connectivity index (χ2n) is 5.18. The molecule has 0 unspecified atom stereocenters. The normalized spacial score (nSPS) is 11.0. The van der Waals surface area contributed by atoms with Gasteiger partial charge >= 0.3 is 5.97 Å². The highest BCUT2D eigenvalue weighted by molar-refractivity contribution is 7.13. The molecule has 7 nitrogen and oxygen atoms in total. The Morgan fingerprint density at radius 1 is 1.27 bits per heavy atom. The third-order valence-electron chi connectivity index (χ3n) is 3.43. The second kappa shape index (κ2) is 6.74. The van der Waals surface area contributed by atoms with E-state index < -0.39 is 11.4 Å². The van der Waals surface area contributed by atoms with Crippen LogP contribution in [0.5, 0.6) is 0 Å². The van der Waals surface area contributed by atoms with Crippen molar-refractivity contribution in [3.8, 4) is 10.7 Å². The van der Waals surface area contributed by atoms with E-state index in [0.29, 0.717) is 10.8 Å². The van der Waals surface area contributed by atoms with Crippen LogP contribution >= 0.6 is 22.9 Å². The molecule has 26 heavy (non-hydrogen) atoms. The number of thiophene rings is 1. The summed E-state index contributed by atoms with van der Waals surface area (Å²) in [6, 6.07) is 9.33. The Bertz CT molecular complexity index is 1150. The fourth-order valence-electron chi connectivity index (χ4n) is 2.25. The number of hydrogen-bond acceptors (Lipinski definition) is 8. The second-order valence-corrected chi connectivity index (χ2v) is 6.56. The van der Waals surface area contributed by atoms with E-state index in [9.17, 15) is 9.59 Å². The van der Waals surface area contributed by atoms with Gasteiger partial charge in [0.2, 0.25) is 11.6 Å². The number of ether oxygens (including phenoxy) is 1. The maximum absolute atomic E-state index is 12.1. The van der Waals surface area contributed by atoms with Crippen LogP contribution < -0.4 is 5.43 Å². The predicted molar refractivity (Wildman–Crippen MR) is 94.2 cm³/mol. The molecule has 9 heteroatoms. The van der Waals surface area contributed by atoms with Crippen LogP contribution in [0.15, 0.2) is 55.5 Å². The molecule has 0 fully saturated rings. The number of carbonyl (C=O) groups is 1. The number of hydrogen-bond donors (Lipinski definition) is 0. The highest BCUT2D eigenvalue weighted by atomic mass is 35.5. The molecule has 0 spiro atoms. The number of rotatable bonds is 4. The van der Waals surface area contributed by atoms with Gasteiger partial charge in [0.15, 0.2) is 12.0 Å². The molecule has 0 aliphatic rings. The molecule has 0 saturated carbocycles. The van der Waals surface area contributed by atoms with Crippen molar-refractivity contribution < 1.29 is 18.5 Å². The number of fused-ring (bicyclic) bond motifs is 1. The van der Waals surface area contributed by atoms with E-state index in [-0.39, 0.29) is 29.2 Å². The van der Waals surface area contributed by atoms with Crippen molar-refractivity contribution >= 4 is 39.9 Å². The predicted octanol–water partition coefficient (Wildman–Crippen LogP) is 3.91. The van der Waals surface area contributed by atoms with Gasteiger partial charge in [0.25, 0.3) is 5.89 Å². The van der Waals surface area contributed by atoms with Gasteiger partial charge < -0.3 is 13.7 Å². The number of carbonyl (C=O) groups excluding carboxylic acids is 1. The summed E-state index contributed by atoms with van der Waals surface area (Å²) < 4.78 is 15.5. The Labute approximate surface area is 154 Å². The van der Waals surface area contributed by atoms with Crippen molar-refractivity contribution in [2.75, 3.05) is 0 Å². The highest BCUT2D eigenvalue weighted by Gasteiger charge is 2.16. The van der Waals surface area contributed by atoms with Crippen LogP contribution in [0.2, 0.25) is 5.02 Å². The summed E-state index contributed by atoms with van der Waals surface area (Å²) in [5.41, 5.74) is -0.148. The van der Waals surface area contributed by atoms with E-state index in [4.69, 9.17) is 25.3 Å². The van der Waals surface area contributed by atoms with Crippen molar-refractivity contribution in [1.82, 2.24) is 10.1 Å². The third kappa shape index (κ3) is 3.24. The fourth-order valence-corrected chi connectivity index (χ4v) is 3.07. The molecule has 1 aromatic carbocycles. The van der Waals surface area contributed by atoms with Crippen LogP contribution in [0.4, 0.5) is 0 Å². The van der Waals surface area contributed by atoms with Crippen molar-refractivity contribution in [3.63, 3.8) is 0 Å². The summed E-state index contributed by atoms with van der Waals surface area (Å²) in [5, 5.41) is 6.39. The lowest BCUT2D eigenvalue weighted by Crippen LogP contribution is -2.10. The van der Waals surface area contributed by atoms with E-state index in [0.717, 1.165) is 10.9 Å². The lowest BCUT2D eigenvalue weighted by Gasteiger charge is -2.03. The van der Waals surface area contributed by atoms with E-state index >= 15 is 0 Å². The van der Waals surface area contributed by atoms with Crippen LogP contribution in [0, 0.1) is 0 Å². The Morgan fingerprint density at radius 2 is 2.15 bits per heavy atom. The summed E-state index contributed by atoms with van der Waals surface area (Å²) in [4.78, 5) is 29.2. The van der Waals surface area contributed by atoms with Gasteiger partial charge in [-0.25, -0.2) is 4.79 Å². The van der Waals surface area contributed by atoms with Gasteiger partial charge in [0.05, 0.1) is 10.3 Å². The molecule has 0 N–H and O–H groups in total. The Hall–Kier alpha value is -2.97. The molecule has 0 bridgehead atoms. The maximum Gasteiger partial charge on any atom is 0.374 e. The minimum atomic E-state index is -0.810. The van der Waals surface area contributed by atoms with Crippen LogP contribution in [0.25, 0.3) is 21.7 Å². The zero-order valence-electron chi connectivity index (χ0n) is 13.0. The highest BCUT2D eigenvalue weighted by Crippen LogP contribution is 2.22. The molecule has 0 amide bonds. The topological polar surface area (TPSA) is 95.4 Å². The fraction of sp³-hybridized carbons (Fsp3) is 0.0588. The Balaban J connectivity index is 1.51. The number of nitrogens with zero attached hydrogens (tertiary/aromatic N) is 2. The summed E-state index contributed by atoms with van der Waals surface area (Å²) in [7, 11) is 0. The summed E-state index contributed by atoms with van der Waals surface area (Å²) in [6.07, 6.45) is 0. The quantitative estimate of drug-likeness (QED) is 0.489. The van der Waals surface area contributed by atoms with Crippen LogP contribution in [0.1, 0.15) is 16.4 Å². The first kappa shape index (κ1) is 16.5. The van der Waals surface area contributed by atoms with Gasteiger partial charge in [-0.15, -0.1) is 11.3 Å². The van der Waals surface area contributed by atoms with Gasteiger partial charge in [-0.1, -0.05) is 22.8 Å². The van der Waals surface area contributed by atoms with Crippen LogP contribution in [0.3, 0.4) is 0 Å². The monoisotopic (exact) mass is 388 g/mol. The van der Waals surface area contributed by atoms with Gasteiger partial charge in [-0.2, -0.15) is 4.98 Å². The summed E-state index contributed by atoms with van der Waals surface area (Å²) in [5.74, 6) is -0.477. The first-order valence-corrected chi connectivity index (χ1v) is 8.63. The lowest BCUT2D eigenvalue weighted by molar-refractivity contribution is 0.0394. The molecule has 4 rings (SSSR count). The minimum Gasteiger partial charge on any atom is -0.450 e. The van der Waals surface area contributed by atoms with Gasteiger partial charge in [0, 0.05) is 11.1 Å². The van der Waals surface area contributed by atoms with Crippen molar-refractivity contribution in [1.29, 1.82) is 0 Å². The molecule has 0 aliphatic carbocycles. The average Bonchev–Trinajstić information content (AvgIpc) is 3.31. The summed E-state index contributed by atoms with van der Waals surface area (Å²) in [6.45, 7) is -0.237. The first-order valence-electron chi connectivity index (χ1n) is 7.37. The number of halogens is 1. The van der Waals surface area contributed by atoms with Gasteiger partial charge in [-0.3, -0.25) is 4.79 Å². The number of aromatic nitrogens is 2. The van der Waals surface area contributed by atoms with Crippen LogP contribution in [-0.2, 0) is 11.3 Å². The van der Waals surface area contributed by atoms with Crippen molar-refractivity contribution in [2.45, 2.75) is 6.61 Å². The molecule has 0 atom stereocenters. The Kier molecular flexibility index (Phi) is 4.27. The molecule has 130 valence electrons. The SMILES string of the molecule is O=C(OCc1nc(-c2cccs2)no1)c1cc(=O)c2cc(Cl)ccc2o1. The molecule has 4 aromatic rings. The molecule has 3 heterocycles. The zero-order chi connectivity index (χ0) is 18.1. The zero-order valence-corrected chi connectivity index (χ0v) is 14.5. The smallest absolute Gasteiger partial charge is 0.374 e. The van der Waals surface area contributed by atoms with Gasteiger partial charge in [-0.05, 0) is 29.6 Å². The molecule has 3 aromatic heterocycles. The molecule has 0 saturated heterocycles.